The molecule has 1 aliphatic carbocycles. The molecular formula is C15H19ClN2O. The van der Waals surface area contributed by atoms with Crippen molar-refractivity contribution >= 4 is 23.0 Å². The van der Waals surface area contributed by atoms with E-state index in [1.165, 1.54) is 12.8 Å². The number of rotatable bonds is 5. The zero-order chi connectivity index (χ0) is 13.7. The zero-order valence-corrected chi connectivity index (χ0v) is 11.6. The van der Waals surface area contributed by atoms with E-state index in [9.17, 15) is 0 Å². The van der Waals surface area contributed by atoms with Crippen molar-refractivity contribution < 1.29 is 5.11 Å². The fraction of sp³-hybridized carbons (Fsp3) is 0.467. The number of hydrogen-bond donors (Lipinski definition) is 3. The molecule has 2 rings (SSSR count). The van der Waals surface area contributed by atoms with E-state index < -0.39 is 0 Å². The molecule has 0 aliphatic heterocycles. The minimum atomic E-state index is 0.161. The van der Waals surface area contributed by atoms with Crippen LogP contribution in [0.4, 0.5) is 11.4 Å². The Bertz CT molecular complexity index is 501. The van der Waals surface area contributed by atoms with Crippen LogP contribution in [0.25, 0.3) is 0 Å². The van der Waals surface area contributed by atoms with Crippen LogP contribution < -0.4 is 11.1 Å². The maximum absolute atomic E-state index is 8.69. The molecule has 4 heteroatoms. The van der Waals surface area contributed by atoms with E-state index in [1.54, 1.807) is 0 Å². The van der Waals surface area contributed by atoms with Crippen molar-refractivity contribution in [2.24, 2.45) is 5.92 Å². The smallest absolute Gasteiger partial charge is 0.0813 e. The second-order valence-electron chi connectivity index (χ2n) is 4.84. The number of nitrogens with one attached hydrogen (secondary N) is 1. The van der Waals surface area contributed by atoms with Crippen LogP contribution in [0.3, 0.4) is 0 Å². The lowest BCUT2D eigenvalue weighted by atomic mass is 10.1. The number of aliphatic hydroxyl groups excluding tert-OH is 1. The van der Waals surface area contributed by atoms with Gasteiger partial charge in [-0.1, -0.05) is 23.4 Å². The van der Waals surface area contributed by atoms with Gasteiger partial charge in [-0.05, 0) is 37.3 Å². The number of aliphatic hydroxyl groups is 1. The molecule has 0 aromatic heterocycles. The number of anilines is 2. The van der Waals surface area contributed by atoms with E-state index in [0.29, 0.717) is 23.6 Å². The fourth-order valence-electron chi connectivity index (χ4n) is 1.75. The lowest BCUT2D eigenvalue weighted by Gasteiger charge is -2.11. The monoisotopic (exact) mass is 278 g/mol. The summed E-state index contributed by atoms with van der Waals surface area (Å²) in [6.07, 6.45) is 3.94. The topological polar surface area (TPSA) is 58.3 Å². The lowest BCUT2D eigenvalue weighted by molar-refractivity contribution is 0.290. The Balaban J connectivity index is 2.04. The fourth-order valence-corrected chi connectivity index (χ4v) is 1.96. The summed E-state index contributed by atoms with van der Waals surface area (Å²) in [5, 5.41) is 12.5. The van der Waals surface area contributed by atoms with Gasteiger partial charge < -0.3 is 16.2 Å². The van der Waals surface area contributed by atoms with Gasteiger partial charge in [-0.25, -0.2) is 0 Å². The molecule has 102 valence electrons. The molecule has 0 bridgehead atoms. The van der Waals surface area contributed by atoms with E-state index in [0.717, 1.165) is 23.7 Å². The van der Waals surface area contributed by atoms with Gasteiger partial charge in [-0.2, -0.15) is 0 Å². The van der Waals surface area contributed by atoms with Gasteiger partial charge >= 0.3 is 0 Å². The first-order valence-electron chi connectivity index (χ1n) is 6.64. The molecular weight excluding hydrogens is 260 g/mol. The summed E-state index contributed by atoms with van der Waals surface area (Å²) in [7, 11) is 0. The predicted octanol–water partition coefficient (Wildman–Crippen LogP) is 2.87. The highest BCUT2D eigenvalue weighted by molar-refractivity contribution is 6.35. The molecule has 1 fully saturated rings. The summed E-state index contributed by atoms with van der Waals surface area (Å²) >= 11 is 6.23. The minimum Gasteiger partial charge on any atom is -0.396 e. The molecule has 3 nitrogen and oxygen atoms in total. The van der Waals surface area contributed by atoms with Crippen molar-refractivity contribution in [3.63, 3.8) is 0 Å². The largest absolute Gasteiger partial charge is 0.396 e. The highest BCUT2D eigenvalue weighted by Gasteiger charge is 2.21. The maximum Gasteiger partial charge on any atom is 0.0813 e. The summed E-state index contributed by atoms with van der Waals surface area (Å²) < 4.78 is 0. The Kier molecular flexibility index (Phi) is 4.95. The van der Waals surface area contributed by atoms with E-state index in [4.69, 9.17) is 22.4 Å². The molecule has 4 N–H and O–H groups in total. The number of nitrogen functional groups attached to an aromatic ring is 1. The van der Waals surface area contributed by atoms with Crippen LogP contribution >= 0.6 is 11.6 Å². The quantitative estimate of drug-likeness (QED) is 0.441. The highest BCUT2D eigenvalue weighted by atomic mass is 35.5. The van der Waals surface area contributed by atoms with Gasteiger partial charge in [-0.15, -0.1) is 0 Å². The summed E-state index contributed by atoms with van der Waals surface area (Å²) in [6, 6.07) is 3.82. The van der Waals surface area contributed by atoms with E-state index in [2.05, 4.69) is 17.2 Å². The van der Waals surface area contributed by atoms with E-state index >= 15 is 0 Å². The number of hydrogen-bond acceptors (Lipinski definition) is 3. The Morgan fingerprint density at radius 2 is 2.21 bits per heavy atom. The van der Waals surface area contributed by atoms with Gasteiger partial charge in [0.25, 0.3) is 0 Å². The molecule has 19 heavy (non-hydrogen) atoms. The van der Waals surface area contributed by atoms with Crippen LogP contribution in [0.2, 0.25) is 5.02 Å². The summed E-state index contributed by atoms with van der Waals surface area (Å²) in [5.74, 6) is 6.76. The third-order valence-electron chi connectivity index (χ3n) is 3.14. The summed E-state index contributed by atoms with van der Waals surface area (Å²) in [6.45, 7) is 1.12. The Labute approximate surface area is 119 Å². The SMILES string of the molecule is Nc1c(NCC2CC2)ccc(C#CCCCO)c1Cl. The van der Waals surface area contributed by atoms with Gasteiger partial charge in [0.1, 0.15) is 0 Å². The van der Waals surface area contributed by atoms with Crippen LogP contribution in [0.5, 0.6) is 0 Å². The van der Waals surface area contributed by atoms with Crippen LogP contribution in [-0.4, -0.2) is 18.3 Å². The maximum atomic E-state index is 8.69. The van der Waals surface area contributed by atoms with Gasteiger partial charge in [0.15, 0.2) is 0 Å². The third kappa shape index (κ3) is 4.05. The molecule has 1 saturated carbocycles. The van der Waals surface area contributed by atoms with Crippen molar-refractivity contribution in [2.75, 3.05) is 24.2 Å². The number of benzene rings is 1. The first-order chi connectivity index (χ1) is 9.22. The number of halogens is 1. The van der Waals surface area contributed by atoms with Crippen LogP contribution in [0.1, 0.15) is 31.2 Å². The molecule has 0 amide bonds. The zero-order valence-electron chi connectivity index (χ0n) is 10.9. The molecule has 0 unspecified atom stereocenters. The first kappa shape index (κ1) is 14.0. The van der Waals surface area contributed by atoms with Crippen LogP contribution in [0, 0.1) is 17.8 Å². The minimum absolute atomic E-state index is 0.161. The molecule has 0 heterocycles. The second kappa shape index (κ2) is 6.70. The molecule has 0 atom stereocenters. The average Bonchev–Trinajstić information content (AvgIpc) is 3.22. The third-order valence-corrected chi connectivity index (χ3v) is 3.55. The van der Waals surface area contributed by atoms with Crippen molar-refractivity contribution in [3.05, 3.63) is 22.7 Å². The van der Waals surface area contributed by atoms with Crippen molar-refractivity contribution in [1.82, 2.24) is 0 Å². The van der Waals surface area contributed by atoms with Crippen LogP contribution in [-0.2, 0) is 0 Å². The molecule has 0 radical (unpaired) electrons. The van der Waals surface area contributed by atoms with Gasteiger partial charge in [0.2, 0.25) is 0 Å². The molecule has 0 saturated heterocycles. The lowest BCUT2D eigenvalue weighted by Crippen LogP contribution is -2.06. The normalized spacial score (nSPS) is 13.8. The van der Waals surface area contributed by atoms with Crippen molar-refractivity contribution in [3.8, 4) is 11.8 Å². The van der Waals surface area contributed by atoms with Gasteiger partial charge in [0.05, 0.1) is 16.4 Å². The molecule has 1 aromatic carbocycles. The van der Waals surface area contributed by atoms with E-state index in [1.807, 2.05) is 12.1 Å². The average molecular weight is 279 g/mol. The number of nitrogens with two attached hydrogens (primary N) is 1. The molecule has 0 spiro atoms. The van der Waals surface area contributed by atoms with Crippen LogP contribution in [0.15, 0.2) is 12.1 Å². The van der Waals surface area contributed by atoms with Gasteiger partial charge in [-0.3, -0.25) is 0 Å². The van der Waals surface area contributed by atoms with Crippen molar-refractivity contribution in [1.29, 1.82) is 0 Å². The standard InChI is InChI=1S/C15H19ClN2O/c16-14-12(4-2-1-3-9-19)7-8-13(15(14)17)18-10-11-5-6-11/h7-8,11,18-19H,1,3,5-6,9-10,17H2. The first-order valence-corrected chi connectivity index (χ1v) is 7.01. The van der Waals surface area contributed by atoms with Gasteiger partial charge in [0, 0.05) is 25.1 Å². The molecule has 1 aromatic rings. The number of unbranched alkanes of at least 4 members (excludes halogenated alkanes) is 1. The Morgan fingerprint density at radius 3 is 2.89 bits per heavy atom. The van der Waals surface area contributed by atoms with E-state index in [-0.39, 0.29) is 6.61 Å². The van der Waals surface area contributed by atoms with Crippen molar-refractivity contribution in [2.45, 2.75) is 25.7 Å². The second-order valence-corrected chi connectivity index (χ2v) is 5.22. The summed E-state index contributed by atoms with van der Waals surface area (Å²) in [5.41, 5.74) is 8.22. The Hall–Kier alpha value is -1.37. The Morgan fingerprint density at radius 1 is 1.42 bits per heavy atom. The highest BCUT2D eigenvalue weighted by Crippen LogP contribution is 2.33. The predicted molar refractivity (Wildman–Crippen MR) is 80.3 cm³/mol. The summed E-state index contributed by atoms with van der Waals surface area (Å²) in [4.78, 5) is 0. The molecule has 1 aliphatic rings.